The first-order chi connectivity index (χ1) is 12.9. The molecular formula is C16H17ClF3N7O. The lowest BCUT2D eigenvalue weighted by molar-refractivity contribution is -0.137. The van der Waals surface area contributed by atoms with Gasteiger partial charge in [-0.25, -0.2) is 4.68 Å². The smallest absolute Gasteiger partial charge is 0.332 e. The number of rotatable bonds is 3. The summed E-state index contributed by atoms with van der Waals surface area (Å²) < 4.78 is 45.1. The molecule has 1 aliphatic rings. The van der Waals surface area contributed by atoms with Crippen molar-refractivity contribution in [3.8, 4) is 17.3 Å². The number of hydrogen-bond donors (Lipinski definition) is 1. The molecule has 0 amide bonds. The maximum Gasteiger partial charge on any atom is 0.416 e. The predicted molar refractivity (Wildman–Crippen MR) is 95.1 cm³/mol. The topological polar surface area (TPSA) is 84.9 Å². The second-order valence-electron chi connectivity index (χ2n) is 6.25. The lowest BCUT2D eigenvalue weighted by Crippen LogP contribution is -2.44. The van der Waals surface area contributed by atoms with E-state index in [1.165, 1.54) is 23.0 Å². The zero-order valence-corrected chi connectivity index (χ0v) is 15.5. The fourth-order valence-corrected chi connectivity index (χ4v) is 2.88. The van der Waals surface area contributed by atoms with Crippen LogP contribution in [0.4, 0.5) is 13.2 Å². The zero-order chi connectivity index (χ0) is 19.0. The molecule has 1 aliphatic heterocycles. The highest BCUT2D eigenvalue weighted by atomic mass is 35.5. The van der Waals surface area contributed by atoms with Crippen LogP contribution in [0.15, 0.2) is 35.0 Å². The van der Waals surface area contributed by atoms with Crippen LogP contribution in [-0.4, -0.2) is 56.7 Å². The molecule has 0 saturated carbocycles. The van der Waals surface area contributed by atoms with E-state index in [-0.39, 0.29) is 35.7 Å². The van der Waals surface area contributed by atoms with Crippen molar-refractivity contribution < 1.29 is 17.7 Å². The second-order valence-corrected chi connectivity index (χ2v) is 6.25. The fraction of sp³-hybridized carbons (Fsp3) is 0.375. The van der Waals surface area contributed by atoms with Gasteiger partial charge in [-0.2, -0.15) is 18.2 Å². The lowest BCUT2D eigenvalue weighted by atomic mass is 10.2. The van der Waals surface area contributed by atoms with Gasteiger partial charge in [-0.15, -0.1) is 17.5 Å². The van der Waals surface area contributed by atoms with Crippen LogP contribution in [0, 0.1) is 0 Å². The van der Waals surface area contributed by atoms with Gasteiger partial charge in [0.05, 0.1) is 23.5 Å². The van der Waals surface area contributed by atoms with Gasteiger partial charge < -0.3 is 9.84 Å². The lowest BCUT2D eigenvalue weighted by Gasteiger charge is -2.30. The predicted octanol–water partition coefficient (Wildman–Crippen LogP) is 2.33. The number of benzene rings is 1. The molecule has 28 heavy (non-hydrogen) atoms. The van der Waals surface area contributed by atoms with Crippen molar-refractivity contribution >= 4 is 12.4 Å². The fourth-order valence-electron chi connectivity index (χ4n) is 2.88. The molecule has 3 aromatic rings. The Morgan fingerprint density at radius 1 is 1.29 bits per heavy atom. The van der Waals surface area contributed by atoms with Crippen LogP contribution in [0.3, 0.4) is 0 Å². The summed E-state index contributed by atoms with van der Waals surface area (Å²) in [6.45, 7) is 2.45. The van der Waals surface area contributed by atoms with Crippen molar-refractivity contribution in [3.63, 3.8) is 0 Å². The Hall–Kier alpha value is -2.50. The van der Waals surface area contributed by atoms with Gasteiger partial charge in [0, 0.05) is 19.6 Å². The molecule has 1 aromatic carbocycles. The van der Waals surface area contributed by atoms with E-state index in [9.17, 15) is 13.2 Å². The van der Waals surface area contributed by atoms with E-state index in [1.807, 2.05) is 7.05 Å². The van der Waals surface area contributed by atoms with Crippen molar-refractivity contribution in [2.75, 3.05) is 26.7 Å². The number of alkyl halides is 3. The van der Waals surface area contributed by atoms with Crippen molar-refractivity contribution in [2.24, 2.45) is 0 Å². The summed E-state index contributed by atoms with van der Waals surface area (Å²) in [5.41, 5.74) is -0.234. The molecule has 4 rings (SSSR count). The largest absolute Gasteiger partial charge is 0.416 e. The van der Waals surface area contributed by atoms with Crippen LogP contribution < -0.4 is 5.32 Å². The van der Waals surface area contributed by atoms with Crippen molar-refractivity contribution in [1.29, 1.82) is 0 Å². The Labute approximate surface area is 164 Å². The van der Waals surface area contributed by atoms with Gasteiger partial charge in [-0.05, 0) is 25.2 Å². The third-order valence-corrected chi connectivity index (χ3v) is 4.40. The molecule has 1 fully saturated rings. The Morgan fingerprint density at radius 2 is 2.11 bits per heavy atom. The van der Waals surface area contributed by atoms with Crippen molar-refractivity contribution in [2.45, 2.75) is 12.2 Å². The van der Waals surface area contributed by atoms with E-state index < -0.39 is 11.7 Å². The molecule has 1 unspecified atom stereocenters. The van der Waals surface area contributed by atoms with E-state index in [0.717, 1.165) is 25.2 Å². The van der Waals surface area contributed by atoms with Crippen LogP contribution in [0.1, 0.15) is 17.4 Å². The Morgan fingerprint density at radius 3 is 2.86 bits per heavy atom. The summed E-state index contributed by atoms with van der Waals surface area (Å²) in [5, 5.41) is 15.1. The average Bonchev–Trinajstić information content (AvgIpc) is 3.31. The van der Waals surface area contributed by atoms with Gasteiger partial charge in [-0.1, -0.05) is 16.4 Å². The van der Waals surface area contributed by atoms with Crippen molar-refractivity contribution in [3.05, 3.63) is 41.9 Å². The quantitative estimate of drug-likeness (QED) is 0.702. The van der Waals surface area contributed by atoms with Crippen LogP contribution >= 0.6 is 12.4 Å². The van der Waals surface area contributed by atoms with Gasteiger partial charge in [0.25, 0.3) is 5.89 Å². The molecule has 0 bridgehead atoms. The Bertz CT molecular complexity index is 942. The summed E-state index contributed by atoms with van der Waals surface area (Å²) in [7, 11) is 1.98. The number of halogens is 4. The first-order valence-corrected chi connectivity index (χ1v) is 8.27. The van der Waals surface area contributed by atoms with Gasteiger partial charge >= 0.3 is 6.18 Å². The summed E-state index contributed by atoms with van der Waals surface area (Å²) in [6, 6.07) is 4.81. The summed E-state index contributed by atoms with van der Waals surface area (Å²) >= 11 is 0. The van der Waals surface area contributed by atoms with Gasteiger partial charge in [-0.3, -0.25) is 4.90 Å². The maximum absolute atomic E-state index is 12.9. The average molecular weight is 416 g/mol. The van der Waals surface area contributed by atoms with Gasteiger partial charge in [0.2, 0.25) is 0 Å². The summed E-state index contributed by atoms with van der Waals surface area (Å²) in [5.74, 6) is 0.690. The van der Waals surface area contributed by atoms with Crippen LogP contribution in [-0.2, 0) is 6.18 Å². The highest BCUT2D eigenvalue weighted by molar-refractivity contribution is 5.85. The molecule has 1 N–H and O–H groups in total. The second kappa shape index (κ2) is 7.86. The zero-order valence-electron chi connectivity index (χ0n) is 14.7. The number of aromatic nitrogens is 5. The highest BCUT2D eigenvalue weighted by Gasteiger charge is 2.31. The van der Waals surface area contributed by atoms with E-state index >= 15 is 0 Å². The summed E-state index contributed by atoms with van der Waals surface area (Å²) in [4.78, 5) is 6.48. The molecule has 12 heteroatoms. The van der Waals surface area contributed by atoms with E-state index in [1.54, 1.807) is 0 Å². The third kappa shape index (κ3) is 4.01. The third-order valence-electron chi connectivity index (χ3n) is 4.40. The molecule has 8 nitrogen and oxygen atoms in total. The Balaban J connectivity index is 0.00000225. The number of likely N-dealkylation sites (N-methyl/N-ethyl adjacent to an activating group) is 1. The molecule has 3 heterocycles. The number of nitrogens with zero attached hydrogens (tertiary/aromatic N) is 6. The standard InChI is InChI=1S/C16H16F3N7O.ClH/c1-25-6-5-20-8-13(25)14-21-15(27-23-14)12-9-26(24-22-12)11-4-2-3-10(7-11)16(17,18)19;/h2-4,7,9,13,20H,5-6,8H2,1H3;1H. The van der Waals surface area contributed by atoms with Gasteiger partial charge in [0.1, 0.15) is 0 Å². The van der Waals surface area contributed by atoms with E-state index in [2.05, 4.69) is 30.7 Å². The molecule has 2 aromatic heterocycles. The van der Waals surface area contributed by atoms with Crippen LogP contribution in [0.2, 0.25) is 0 Å². The highest BCUT2D eigenvalue weighted by Crippen LogP contribution is 2.30. The van der Waals surface area contributed by atoms with E-state index in [0.29, 0.717) is 12.4 Å². The summed E-state index contributed by atoms with van der Waals surface area (Å²) in [6.07, 6.45) is -2.98. The number of hydrogen-bond acceptors (Lipinski definition) is 7. The normalized spacial score (nSPS) is 18.1. The number of piperazine rings is 1. The molecule has 150 valence electrons. The van der Waals surface area contributed by atoms with Crippen LogP contribution in [0.5, 0.6) is 0 Å². The minimum absolute atomic E-state index is 0. The minimum atomic E-state index is -4.43. The molecular weight excluding hydrogens is 399 g/mol. The molecule has 0 radical (unpaired) electrons. The SMILES string of the molecule is CN1CCNCC1c1noc(-c2cn(-c3cccc(C(F)(F)F)c3)nn2)n1.Cl. The first-order valence-electron chi connectivity index (χ1n) is 8.27. The molecule has 1 saturated heterocycles. The van der Waals surface area contributed by atoms with Crippen molar-refractivity contribution in [1.82, 2.24) is 35.4 Å². The maximum atomic E-state index is 12.9. The minimum Gasteiger partial charge on any atom is -0.332 e. The molecule has 1 atom stereocenters. The monoisotopic (exact) mass is 415 g/mol. The van der Waals surface area contributed by atoms with Crippen LogP contribution in [0.25, 0.3) is 17.3 Å². The Kier molecular flexibility index (Phi) is 5.68. The molecule has 0 aliphatic carbocycles. The van der Waals surface area contributed by atoms with Gasteiger partial charge in [0.15, 0.2) is 11.5 Å². The molecule has 0 spiro atoms. The van der Waals surface area contributed by atoms with E-state index in [4.69, 9.17) is 4.52 Å². The first kappa shape index (κ1) is 20.2. The number of nitrogens with one attached hydrogen (secondary N) is 1.